The lowest BCUT2D eigenvalue weighted by atomic mass is 10.2. The molecule has 0 aliphatic carbocycles. The molecule has 0 radical (unpaired) electrons. The van der Waals surface area contributed by atoms with Gasteiger partial charge in [-0.05, 0) is 42.5 Å². The van der Waals surface area contributed by atoms with E-state index in [9.17, 15) is 4.79 Å². The smallest absolute Gasteiger partial charge is 0.344 e. The van der Waals surface area contributed by atoms with Gasteiger partial charge >= 0.3 is 5.97 Å². The lowest BCUT2D eigenvalue weighted by Crippen LogP contribution is -2.08. The maximum Gasteiger partial charge on any atom is 0.344 e. The molecule has 26 heavy (non-hydrogen) atoms. The third-order valence-corrected chi connectivity index (χ3v) is 3.93. The Hall–Kier alpha value is -2.93. The number of benzene rings is 1. The summed E-state index contributed by atoms with van der Waals surface area (Å²) in [7, 11) is 1.56. The summed E-state index contributed by atoms with van der Waals surface area (Å²) in [5.74, 6) is 0.735. The number of aromatic nitrogens is 2. The van der Waals surface area contributed by atoms with Crippen molar-refractivity contribution in [3.63, 3.8) is 0 Å². The van der Waals surface area contributed by atoms with Crippen LogP contribution in [0.15, 0.2) is 65.5 Å². The maximum absolute atomic E-state index is 12.5. The van der Waals surface area contributed by atoms with Gasteiger partial charge in [0.05, 0.1) is 13.3 Å². The minimum Gasteiger partial charge on any atom is -0.496 e. The van der Waals surface area contributed by atoms with Crippen molar-refractivity contribution in [2.24, 2.45) is 0 Å². The van der Waals surface area contributed by atoms with E-state index in [-0.39, 0.29) is 18.1 Å². The molecule has 0 spiro atoms. The maximum atomic E-state index is 12.5. The number of carbonyl (C=O) groups is 1. The number of ether oxygens (including phenoxy) is 3. The van der Waals surface area contributed by atoms with Crippen LogP contribution in [0.25, 0.3) is 0 Å². The van der Waals surface area contributed by atoms with Crippen molar-refractivity contribution in [3.05, 3.63) is 76.7 Å². The largest absolute Gasteiger partial charge is 0.496 e. The van der Waals surface area contributed by atoms with Crippen LogP contribution in [-0.2, 0) is 11.3 Å². The molecule has 0 amide bonds. The fourth-order valence-electron chi connectivity index (χ4n) is 2.23. The third-order valence-electron chi connectivity index (χ3n) is 3.44. The van der Waals surface area contributed by atoms with E-state index in [0.717, 1.165) is 10.0 Å². The summed E-state index contributed by atoms with van der Waals surface area (Å²) >= 11 is 3.39. The predicted molar refractivity (Wildman–Crippen MR) is 98.4 cm³/mol. The molecule has 0 aliphatic heterocycles. The SMILES string of the molecule is COc1ccc(Br)cc1COC(=O)c1cccnc1Oc1cccnc1. The Morgan fingerprint density at radius 3 is 2.77 bits per heavy atom. The molecule has 3 rings (SSSR count). The number of rotatable bonds is 6. The molecule has 0 aliphatic rings. The van der Waals surface area contributed by atoms with Gasteiger partial charge in [0.2, 0.25) is 5.88 Å². The van der Waals surface area contributed by atoms with Gasteiger partial charge in [0.1, 0.15) is 23.7 Å². The first-order valence-corrected chi connectivity index (χ1v) is 8.49. The summed E-state index contributed by atoms with van der Waals surface area (Å²) < 4.78 is 17.2. The summed E-state index contributed by atoms with van der Waals surface area (Å²) in [5.41, 5.74) is 0.971. The normalized spacial score (nSPS) is 10.2. The molecular weight excluding hydrogens is 400 g/mol. The van der Waals surface area contributed by atoms with E-state index in [4.69, 9.17) is 14.2 Å². The van der Waals surface area contributed by atoms with Crippen molar-refractivity contribution < 1.29 is 19.0 Å². The van der Waals surface area contributed by atoms with Crippen LogP contribution in [0.2, 0.25) is 0 Å². The number of nitrogens with zero attached hydrogens (tertiary/aromatic N) is 2. The minimum atomic E-state index is -0.543. The molecule has 0 fully saturated rings. The van der Waals surface area contributed by atoms with Gasteiger partial charge in [-0.3, -0.25) is 4.98 Å². The van der Waals surface area contributed by atoms with Crippen molar-refractivity contribution in [1.29, 1.82) is 0 Å². The van der Waals surface area contributed by atoms with Crippen LogP contribution in [0, 0.1) is 0 Å². The summed E-state index contributed by atoms with van der Waals surface area (Å²) in [5, 5.41) is 0. The monoisotopic (exact) mass is 414 g/mol. The fourth-order valence-corrected chi connectivity index (χ4v) is 2.64. The van der Waals surface area contributed by atoms with Crippen LogP contribution in [-0.4, -0.2) is 23.0 Å². The summed E-state index contributed by atoms with van der Waals surface area (Å²) in [6, 6.07) is 12.2. The zero-order chi connectivity index (χ0) is 18.4. The number of halogens is 1. The van der Waals surface area contributed by atoms with Crippen molar-refractivity contribution in [1.82, 2.24) is 9.97 Å². The van der Waals surface area contributed by atoms with Gasteiger partial charge in [-0.1, -0.05) is 15.9 Å². The highest BCUT2D eigenvalue weighted by atomic mass is 79.9. The topological polar surface area (TPSA) is 70.5 Å². The standard InChI is InChI=1S/C19H15BrN2O4/c1-24-17-7-6-14(20)10-13(17)12-25-19(23)16-5-3-9-22-18(16)26-15-4-2-8-21-11-15/h2-11H,12H2,1H3. The van der Waals surface area contributed by atoms with Gasteiger partial charge in [0.15, 0.2) is 0 Å². The zero-order valence-corrected chi connectivity index (χ0v) is 15.5. The Labute approximate surface area is 158 Å². The fraction of sp³-hybridized carbons (Fsp3) is 0.105. The van der Waals surface area contributed by atoms with Gasteiger partial charge in [-0.25, -0.2) is 9.78 Å². The lowest BCUT2D eigenvalue weighted by molar-refractivity contribution is 0.0466. The van der Waals surface area contributed by atoms with E-state index in [0.29, 0.717) is 11.5 Å². The highest BCUT2D eigenvalue weighted by molar-refractivity contribution is 9.10. The van der Waals surface area contributed by atoms with E-state index in [1.54, 1.807) is 49.8 Å². The molecule has 3 aromatic rings. The van der Waals surface area contributed by atoms with Crippen molar-refractivity contribution in [3.8, 4) is 17.4 Å². The molecule has 0 atom stereocenters. The van der Waals surface area contributed by atoms with Crippen LogP contribution in [0.4, 0.5) is 0 Å². The molecule has 6 nitrogen and oxygen atoms in total. The molecule has 0 saturated carbocycles. The van der Waals surface area contributed by atoms with Crippen LogP contribution in [0.3, 0.4) is 0 Å². The van der Waals surface area contributed by atoms with Gasteiger partial charge in [0.25, 0.3) is 0 Å². The van der Waals surface area contributed by atoms with Gasteiger partial charge in [-0.15, -0.1) is 0 Å². The third kappa shape index (κ3) is 4.37. The first-order chi connectivity index (χ1) is 12.7. The number of carbonyl (C=O) groups excluding carboxylic acids is 1. The number of esters is 1. The Morgan fingerprint density at radius 1 is 1.15 bits per heavy atom. The van der Waals surface area contributed by atoms with Crippen LogP contribution in [0.5, 0.6) is 17.4 Å². The molecular formula is C19H15BrN2O4. The molecule has 0 saturated heterocycles. The van der Waals surface area contributed by atoms with Crippen molar-refractivity contribution >= 4 is 21.9 Å². The highest BCUT2D eigenvalue weighted by Crippen LogP contribution is 2.26. The molecule has 1 aromatic carbocycles. The molecule has 2 heterocycles. The van der Waals surface area contributed by atoms with Crippen LogP contribution < -0.4 is 9.47 Å². The molecule has 0 unspecified atom stereocenters. The van der Waals surface area contributed by atoms with E-state index >= 15 is 0 Å². The molecule has 7 heteroatoms. The number of hydrogen-bond acceptors (Lipinski definition) is 6. The van der Waals surface area contributed by atoms with Crippen LogP contribution >= 0.6 is 15.9 Å². The molecule has 2 aromatic heterocycles. The lowest BCUT2D eigenvalue weighted by Gasteiger charge is -2.11. The van der Waals surface area contributed by atoms with E-state index in [1.807, 2.05) is 12.1 Å². The molecule has 132 valence electrons. The van der Waals surface area contributed by atoms with E-state index in [2.05, 4.69) is 25.9 Å². The quantitative estimate of drug-likeness (QED) is 0.556. The van der Waals surface area contributed by atoms with Crippen molar-refractivity contribution in [2.45, 2.75) is 6.61 Å². The molecule has 0 N–H and O–H groups in total. The first-order valence-electron chi connectivity index (χ1n) is 7.70. The second-order valence-corrected chi connectivity index (χ2v) is 6.09. The Bertz CT molecular complexity index is 903. The predicted octanol–water partition coefficient (Wildman–Crippen LogP) is 4.40. The number of hydrogen-bond donors (Lipinski definition) is 0. The van der Waals surface area contributed by atoms with E-state index < -0.39 is 5.97 Å². The number of methoxy groups -OCH3 is 1. The second kappa shape index (κ2) is 8.44. The average Bonchev–Trinajstić information content (AvgIpc) is 2.67. The first kappa shape index (κ1) is 17.9. The zero-order valence-electron chi connectivity index (χ0n) is 13.9. The van der Waals surface area contributed by atoms with Crippen LogP contribution in [0.1, 0.15) is 15.9 Å². The van der Waals surface area contributed by atoms with Gasteiger partial charge in [-0.2, -0.15) is 0 Å². The summed E-state index contributed by atoms with van der Waals surface area (Å²) in [6.07, 6.45) is 4.71. The Kier molecular flexibility index (Phi) is 5.80. The van der Waals surface area contributed by atoms with Gasteiger partial charge in [0, 0.05) is 22.4 Å². The van der Waals surface area contributed by atoms with Gasteiger partial charge < -0.3 is 14.2 Å². The average molecular weight is 415 g/mol. The Balaban J connectivity index is 1.75. The highest BCUT2D eigenvalue weighted by Gasteiger charge is 2.17. The van der Waals surface area contributed by atoms with E-state index in [1.165, 1.54) is 6.20 Å². The van der Waals surface area contributed by atoms with Crippen molar-refractivity contribution in [2.75, 3.05) is 7.11 Å². The molecule has 0 bridgehead atoms. The minimum absolute atomic E-state index is 0.0582. The number of pyridine rings is 2. The Morgan fingerprint density at radius 2 is 2.00 bits per heavy atom. The second-order valence-electron chi connectivity index (χ2n) is 5.18. The summed E-state index contributed by atoms with van der Waals surface area (Å²) in [6.45, 7) is 0.0582. The summed E-state index contributed by atoms with van der Waals surface area (Å²) in [4.78, 5) is 20.6.